The van der Waals surface area contributed by atoms with Crippen molar-refractivity contribution in [3.05, 3.63) is 47.3 Å². The maximum atomic E-state index is 12.9. The first kappa shape index (κ1) is 12.4. The number of hydrogen-bond donors (Lipinski definition) is 2. The van der Waals surface area contributed by atoms with Crippen molar-refractivity contribution >= 4 is 0 Å². The Labute approximate surface area is 108 Å². The lowest BCUT2D eigenvalue weighted by atomic mass is 9.94. The van der Waals surface area contributed by atoms with Crippen molar-refractivity contribution in [1.82, 2.24) is 0 Å². The summed E-state index contributed by atoms with van der Waals surface area (Å²) in [6, 6.07) is 9.79. The molecule has 2 aromatic carbocycles. The molecule has 0 radical (unpaired) electrons. The number of nitrogens with zero attached hydrogens (tertiary/aromatic N) is 2. The van der Waals surface area contributed by atoms with Gasteiger partial charge in [0.1, 0.15) is 17.4 Å². The third kappa shape index (κ3) is 2.05. The molecule has 2 N–H and O–H groups in total. The van der Waals surface area contributed by atoms with Gasteiger partial charge in [0.2, 0.25) is 0 Å². The molecule has 0 aliphatic rings. The second-order valence-corrected chi connectivity index (χ2v) is 3.77. The van der Waals surface area contributed by atoms with E-state index in [0.29, 0.717) is 5.56 Å². The van der Waals surface area contributed by atoms with Crippen molar-refractivity contribution in [2.24, 2.45) is 0 Å². The Hall–Kier alpha value is -3.05. The minimum Gasteiger partial charge on any atom is -0.504 e. The molecule has 0 aliphatic carbocycles. The predicted molar refractivity (Wildman–Crippen MR) is 64.6 cm³/mol. The highest BCUT2D eigenvalue weighted by Crippen LogP contribution is 2.38. The van der Waals surface area contributed by atoms with Crippen LogP contribution in [0.5, 0.6) is 11.5 Å². The van der Waals surface area contributed by atoms with Crippen LogP contribution in [0.1, 0.15) is 11.1 Å². The molecule has 0 fully saturated rings. The lowest BCUT2D eigenvalue weighted by molar-refractivity contribution is 0.402. The first-order valence-electron chi connectivity index (χ1n) is 5.23. The number of nitriles is 2. The fraction of sp³-hybridized carbons (Fsp3) is 0. The SMILES string of the molecule is N#Cc1cc(O)c(O)c(C#N)c1-c1ccc(F)cc1. The molecular weight excluding hydrogens is 247 g/mol. The van der Waals surface area contributed by atoms with Gasteiger partial charge in [-0.2, -0.15) is 10.5 Å². The number of halogens is 1. The van der Waals surface area contributed by atoms with Gasteiger partial charge in [-0.15, -0.1) is 0 Å². The fourth-order valence-electron chi connectivity index (χ4n) is 1.77. The van der Waals surface area contributed by atoms with Crippen LogP contribution in [0.4, 0.5) is 4.39 Å². The van der Waals surface area contributed by atoms with E-state index in [1.165, 1.54) is 24.3 Å². The van der Waals surface area contributed by atoms with Crippen LogP contribution in [0.3, 0.4) is 0 Å². The van der Waals surface area contributed by atoms with E-state index in [1.807, 2.05) is 6.07 Å². The van der Waals surface area contributed by atoms with E-state index >= 15 is 0 Å². The van der Waals surface area contributed by atoms with Gasteiger partial charge in [-0.05, 0) is 17.7 Å². The Balaban J connectivity index is 2.83. The maximum absolute atomic E-state index is 12.9. The molecular formula is C14H7FN2O2. The van der Waals surface area contributed by atoms with Gasteiger partial charge in [0.05, 0.1) is 11.6 Å². The molecule has 0 amide bonds. The third-order valence-electron chi connectivity index (χ3n) is 2.64. The highest BCUT2D eigenvalue weighted by molar-refractivity contribution is 5.81. The number of hydrogen-bond acceptors (Lipinski definition) is 4. The van der Waals surface area contributed by atoms with Crippen LogP contribution < -0.4 is 0 Å². The fourth-order valence-corrected chi connectivity index (χ4v) is 1.77. The maximum Gasteiger partial charge on any atom is 0.176 e. The van der Waals surface area contributed by atoms with Crippen molar-refractivity contribution in [1.29, 1.82) is 10.5 Å². The Morgan fingerprint density at radius 2 is 1.63 bits per heavy atom. The Kier molecular flexibility index (Phi) is 3.05. The third-order valence-corrected chi connectivity index (χ3v) is 2.64. The summed E-state index contributed by atoms with van der Waals surface area (Å²) >= 11 is 0. The smallest absolute Gasteiger partial charge is 0.176 e. The van der Waals surface area contributed by atoms with Crippen molar-refractivity contribution < 1.29 is 14.6 Å². The number of phenolic OH excluding ortho intramolecular Hbond substituents is 2. The first-order chi connectivity index (χ1) is 9.08. The van der Waals surface area contributed by atoms with Crippen LogP contribution in [0.15, 0.2) is 30.3 Å². The van der Waals surface area contributed by atoms with E-state index in [-0.39, 0.29) is 16.7 Å². The largest absolute Gasteiger partial charge is 0.504 e. The number of phenols is 2. The van der Waals surface area contributed by atoms with Crippen LogP contribution in [-0.4, -0.2) is 10.2 Å². The summed E-state index contributed by atoms with van der Waals surface area (Å²) in [4.78, 5) is 0. The standard InChI is InChI=1S/C14H7FN2O2/c15-10-3-1-8(2-4-10)13-9(6-16)5-12(18)14(19)11(13)7-17/h1-5,18-19H. The summed E-state index contributed by atoms with van der Waals surface area (Å²) in [5, 5.41) is 37.2. The van der Waals surface area contributed by atoms with Crippen LogP contribution >= 0.6 is 0 Å². The summed E-state index contributed by atoms with van der Waals surface area (Å²) in [7, 11) is 0. The lowest BCUT2D eigenvalue weighted by Gasteiger charge is -2.09. The molecule has 92 valence electrons. The van der Waals surface area contributed by atoms with Gasteiger partial charge in [0.15, 0.2) is 11.5 Å². The summed E-state index contributed by atoms with van der Waals surface area (Å²) in [5.41, 5.74) is 0.381. The topological polar surface area (TPSA) is 88.0 Å². The molecule has 0 unspecified atom stereocenters. The highest BCUT2D eigenvalue weighted by Gasteiger charge is 2.18. The van der Waals surface area contributed by atoms with E-state index in [4.69, 9.17) is 10.5 Å². The van der Waals surface area contributed by atoms with Crippen molar-refractivity contribution in [3.63, 3.8) is 0 Å². The molecule has 4 nitrogen and oxygen atoms in total. The normalized spacial score (nSPS) is 9.63. The second kappa shape index (κ2) is 4.67. The summed E-state index contributed by atoms with van der Waals surface area (Å²) in [5.74, 6) is -1.59. The average Bonchev–Trinajstić information content (AvgIpc) is 2.42. The monoisotopic (exact) mass is 254 g/mol. The van der Waals surface area contributed by atoms with Gasteiger partial charge in [0, 0.05) is 11.6 Å². The molecule has 2 rings (SSSR count). The molecule has 0 aromatic heterocycles. The average molecular weight is 254 g/mol. The van der Waals surface area contributed by atoms with Gasteiger partial charge in [0.25, 0.3) is 0 Å². The zero-order valence-corrected chi connectivity index (χ0v) is 9.55. The minimum absolute atomic E-state index is 0.0264. The molecule has 0 saturated heterocycles. The molecule has 0 bridgehead atoms. The number of benzene rings is 2. The predicted octanol–water partition coefficient (Wildman–Crippen LogP) is 2.65. The van der Waals surface area contributed by atoms with Gasteiger partial charge in [-0.25, -0.2) is 4.39 Å². The first-order valence-corrected chi connectivity index (χ1v) is 5.23. The summed E-state index contributed by atoms with van der Waals surface area (Å²) < 4.78 is 12.9. The van der Waals surface area contributed by atoms with Gasteiger partial charge in [-0.3, -0.25) is 0 Å². The summed E-state index contributed by atoms with van der Waals surface area (Å²) in [6.07, 6.45) is 0. The molecule has 0 atom stereocenters. The van der Waals surface area contributed by atoms with Crippen molar-refractivity contribution in [2.45, 2.75) is 0 Å². The molecule has 0 saturated carbocycles. The van der Waals surface area contributed by atoms with Crippen LogP contribution in [0, 0.1) is 28.5 Å². The van der Waals surface area contributed by atoms with E-state index in [0.717, 1.165) is 6.07 Å². The zero-order chi connectivity index (χ0) is 14.0. The van der Waals surface area contributed by atoms with Gasteiger partial charge < -0.3 is 10.2 Å². The Bertz CT molecular complexity index is 725. The Morgan fingerprint density at radius 1 is 1.00 bits per heavy atom. The molecule has 0 spiro atoms. The van der Waals surface area contributed by atoms with E-state index < -0.39 is 17.3 Å². The van der Waals surface area contributed by atoms with Gasteiger partial charge >= 0.3 is 0 Å². The number of aromatic hydroxyl groups is 2. The van der Waals surface area contributed by atoms with Crippen molar-refractivity contribution in [3.8, 4) is 34.8 Å². The minimum atomic E-state index is -0.596. The molecule has 19 heavy (non-hydrogen) atoms. The molecule has 2 aromatic rings. The van der Waals surface area contributed by atoms with E-state index in [9.17, 15) is 14.6 Å². The van der Waals surface area contributed by atoms with Crippen molar-refractivity contribution in [2.75, 3.05) is 0 Å². The van der Waals surface area contributed by atoms with Gasteiger partial charge in [-0.1, -0.05) is 12.1 Å². The van der Waals surface area contributed by atoms with Crippen LogP contribution in [0.25, 0.3) is 11.1 Å². The Morgan fingerprint density at radius 3 is 2.16 bits per heavy atom. The molecule has 0 aliphatic heterocycles. The van der Waals surface area contributed by atoms with E-state index in [2.05, 4.69) is 0 Å². The van der Waals surface area contributed by atoms with E-state index in [1.54, 1.807) is 6.07 Å². The van der Waals surface area contributed by atoms with Crippen LogP contribution in [-0.2, 0) is 0 Å². The highest BCUT2D eigenvalue weighted by atomic mass is 19.1. The summed E-state index contributed by atoms with van der Waals surface area (Å²) in [6.45, 7) is 0. The molecule has 5 heteroatoms. The second-order valence-electron chi connectivity index (χ2n) is 3.77. The zero-order valence-electron chi connectivity index (χ0n) is 9.55. The lowest BCUT2D eigenvalue weighted by Crippen LogP contribution is -1.92. The quantitative estimate of drug-likeness (QED) is 0.765. The van der Waals surface area contributed by atoms with Crippen LogP contribution in [0.2, 0.25) is 0 Å². The molecule has 0 heterocycles. The number of rotatable bonds is 1.